The van der Waals surface area contributed by atoms with Crippen molar-refractivity contribution in [1.82, 2.24) is 14.9 Å². The van der Waals surface area contributed by atoms with Gasteiger partial charge in [-0.1, -0.05) is 23.2 Å². The summed E-state index contributed by atoms with van der Waals surface area (Å²) in [7, 11) is 0. The van der Waals surface area contributed by atoms with Gasteiger partial charge in [-0.3, -0.25) is 14.7 Å². The maximum absolute atomic E-state index is 12.4. The molecule has 0 aliphatic heterocycles. The van der Waals surface area contributed by atoms with Gasteiger partial charge in [-0.2, -0.15) is 14.9 Å². The smallest absolute Gasteiger partial charge is 0.303 e. The summed E-state index contributed by atoms with van der Waals surface area (Å²) in [5, 5.41) is 19.6. The number of nitrogens with one attached hydrogen (secondary N) is 1. The predicted molar refractivity (Wildman–Crippen MR) is 105 cm³/mol. The van der Waals surface area contributed by atoms with Crippen molar-refractivity contribution in [3.8, 4) is 5.75 Å². The molecule has 11 heteroatoms. The molecule has 0 aliphatic carbocycles. The third-order valence-corrected chi connectivity index (χ3v) is 4.02. The SMILES string of the molecule is CC(C)Oc1c(Cl)cc(/C=N\n2c(=S)[nH]nc(CCC(=O)O)c2=O)cc1Cl. The molecule has 144 valence electrons. The van der Waals surface area contributed by atoms with E-state index in [1.807, 2.05) is 13.8 Å². The molecule has 27 heavy (non-hydrogen) atoms. The fourth-order valence-corrected chi connectivity index (χ4v) is 2.81. The van der Waals surface area contributed by atoms with Crippen LogP contribution in [-0.4, -0.2) is 38.3 Å². The molecule has 0 atom stereocenters. The van der Waals surface area contributed by atoms with Crippen LogP contribution in [0.5, 0.6) is 5.75 Å². The number of hydrogen-bond donors (Lipinski definition) is 2. The zero-order valence-corrected chi connectivity index (χ0v) is 16.7. The molecule has 8 nitrogen and oxygen atoms in total. The molecule has 2 N–H and O–H groups in total. The van der Waals surface area contributed by atoms with E-state index in [1.165, 1.54) is 6.21 Å². The van der Waals surface area contributed by atoms with Gasteiger partial charge >= 0.3 is 5.97 Å². The highest BCUT2D eigenvalue weighted by atomic mass is 35.5. The van der Waals surface area contributed by atoms with Crippen molar-refractivity contribution in [2.24, 2.45) is 5.10 Å². The summed E-state index contributed by atoms with van der Waals surface area (Å²) in [4.78, 5) is 23.0. The van der Waals surface area contributed by atoms with Gasteiger partial charge < -0.3 is 9.84 Å². The summed E-state index contributed by atoms with van der Waals surface area (Å²) in [5.74, 6) is -0.679. The summed E-state index contributed by atoms with van der Waals surface area (Å²) in [5.41, 5.74) is -0.0700. The van der Waals surface area contributed by atoms with Crippen molar-refractivity contribution in [2.75, 3.05) is 0 Å². The Morgan fingerprint density at radius 3 is 2.63 bits per heavy atom. The number of aromatic nitrogens is 3. The van der Waals surface area contributed by atoms with Crippen LogP contribution in [0.3, 0.4) is 0 Å². The number of aliphatic carboxylic acids is 1. The fraction of sp³-hybridized carbons (Fsp3) is 0.312. The van der Waals surface area contributed by atoms with Crippen LogP contribution in [0.25, 0.3) is 0 Å². The Balaban J connectivity index is 2.35. The number of ether oxygens (including phenoxy) is 1. The highest BCUT2D eigenvalue weighted by Gasteiger charge is 2.12. The number of carboxylic acid groups (broad SMARTS) is 1. The standard InChI is InChI=1S/C16H16Cl2N4O4S/c1-8(2)26-14-10(17)5-9(6-11(14)18)7-19-22-15(25)12(3-4-13(23)24)20-21-16(22)27/h5-8H,3-4H2,1-2H3,(H,21,27)(H,23,24)/b19-7-. The molecule has 0 radical (unpaired) electrons. The Bertz CT molecular complexity index is 978. The second kappa shape index (κ2) is 9.12. The number of carbonyl (C=O) groups is 1. The summed E-state index contributed by atoms with van der Waals surface area (Å²) in [6.07, 6.45) is 0.967. The minimum atomic E-state index is -1.04. The van der Waals surface area contributed by atoms with Crippen molar-refractivity contribution >= 4 is 47.6 Å². The number of benzene rings is 1. The van der Waals surface area contributed by atoms with E-state index in [0.717, 1.165) is 4.68 Å². The van der Waals surface area contributed by atoms with E-state index in [1.54, 1.807) is 12.1 Å². The number of aromatic amines is 1. The number of aryl methyl sites for hydroxylation is 1. The van der Waals surface area contributed by atoms with Gasteiger partial charge in [0.2, 0.25) is 4.77 Å². The number of hydrogen-bond acceptors (Lipinski definition) is 6. The zero-order valence-electron chi connectivity index (χ0n) is 14.4. The largest absolute Gasteiger partial charge is 0.488 e. The Kier molecular flexibility index (Phi) is 7.11. The van der Waals surface area contributed by atoms with Gasteiger partial charge in [-0.25, -0.2) is 0 Å². The van der Waals surface area contributed by atoms with E-state index >= 15 is 0 Å². The Hall–Kier alpha value is -2.23. The van der Waals surface area contributed by atoms with Crippen molar-refractivity contribution < 1.29 is 14.6 Å². The van der Waals surface area contributed by atoms with Crippen molar-refractivity contribution in [3.63, 3.8) is 0 Å². The molecule has 0 aliphatic rings. The van der Waals surface area contributed by atoms with Gasteiger partial charge in [0.1, 0.15) is 5.69 Å². The second-order valence-corrected chi connectivity index (χ2v) is 6.91. The minimum Gasteiger partial charge on any atom is -0.488 e. The molecular weight excluding hydrogens is 415 g/mol. The quantitative estimate of drug-likeness (QED) is 0.514. The Labute approximate surface area is 169 Å². The zero-order chi connectivity index (χ0) is 20.1. The van der Waals surface area contributed by atoms with E-state index < -0.39 is 11.5 Å². The van der Waals surface area contributed by atoms with Gasteiger partial charge in [-0.15, -0.1) is 0 Å². The van der Waals surface area contributed by atoms with Crippen molar-refractivity contribution in [2.45, 2.75) is 32.8 Å². The lowest BCUT2D eigenvalue weighted by Crippen LogP contribution is -2.25. The molecule has 1 heterocycles. The third kappa shape index (κ3) is 5.62. The van der Waals surface area contributed by atoms with Crippen LogP contribution >= 0.6 is 35.4 Å². The van der Waals surface area contributed by atoms with E-state index in [-0.39, 0.29) is 29.4 Å². The maximum Gasteiger partial charge on any atom is 0.303 e. The first-order chi connectivity index (χ1) is 12.7. The van der Waals surface area contributed by atoms with Crippen molar-refractivity contribution in [1.29, 1.82) is 0 Å². The van der Waals surface area contributed by atoms with Crippen LogP contribution in [0, 0.1) is 4.77 Å². The molecule has 0 fully saturated rings. The number of nitrogens with zero attached hydrogens (tertiary/aromatic N) is 3. The van der Waals surface area contributed by atoms with E-state index in [4.69, 9.17) is 45.3 Å². The maximum atomic E-state index is 12.4. The van der Waals surface area contributed by atoms with E-state index in [0.29, 0.717) is 21.4 Å². The highest BCUT2D eigenvalue weighted by molar-refractivity contribution is 7.71. The molecule has 0 bridgehead atoms. The molecule has 0 unspecified atom stereocenters. The molecular formula is C16H16Cl2N4O4S. The third-order valence-electron chi connectivity index (χ3n) is 3.19. The number of halogens is 2. The van der Waals surface area contributed by atoms with Crippen LogP contribution in [0.15, 0.2) is 22.0 Å². The number of rotatable bonds is 7. The number of H-pyrrole nitrogens is 1. The van der Waals surface area contributed by atoms with Gasteiger partial charge in [0.25, 0.3) is 5.56 Å². The van der Waals surface area contributed by atoms with Gasteiger partial charge in [-0.05, 0) is 43.8 Å². The molecule has 1 aromatic heterocycles. The monoisotopic (exact) mass is 430 g/mol. The Morgan fingerprint density at radius 2 is 2.07 bits per heavy atom. The van der Waals surface area contributed by atoms with Gasteiger partial charge in [0.15, 0.2) is 5.75 Å². The van der Waals surface area contributed by atoms with Crippen LogP contribution in [-0.2, 0) is 11.2 Å². The molecule has 0 saturated heterocycles. The van der Waals surface area contributed by atoms with Crippen LogP contribution in [0.4, 0.5) is 0 Å². The van der Waals surface area contributed by atoms with Gasteiger partial charge in [0, 0.05) is 6.42 Å². The summed E-state index contributed by atoms with van der Waals surface area (Å²) >= 11 is 17.4. The topological polar surface area (TPSA) is 110 Å². The molecule has 1 aromatic carbocycles. The van der Waals surface area contributed by atoms with E-state index in [9.17, 15) is 9.59 Å². The summed E-state index contributed by atoms with van der Waals surface area (Å²) in [6.45, 7) is 3.70. The molecule has 0 saturated carbocycles. The molecule has 2 rings (SSSR count). The summed E-state index contributed by atoms with van der Waals surface area (Å²) < 4.78 is 6.43. The first kappa shape index (κ1) is 21.1. The predicted octanol–water partition coefficient (Wildman–Crippen LogP) is 3.29. The second-order valence-electron chi connectivity index (χ2n) is 5.71. The number of carboxylic acids is 1. The van der Waals surface area contributed by atoms with Crippen LogP contribution < -0.4 is 10.3 Å². The van der Waals surface area contributed by atoms with E-state index in [2.05, 4.69) is 15.3 Å². The normalized spacial score (nSPS) is 11.3. The average Bonchev–Trinajstić information content (AvgIpc) is 2.57. The first-order valence-corrected chi connectivity index (χ1v) is 8.98. The van der Waals surface area contributed by atoms with Crippen molar-refractivity contribution in [3.05, 3.63) is 48.6 Å². The molecule has 0 spiro atoms. The fourth-order valence-electron chi connectivity index (χ4n) is 2.04. The van der Waals surface area contributed by atoms with Crippen LogP contribution in [0.2, 0.25) is 10.0 Å². The lowest BCUT2D eigenvalue weighted by molar-refractivity contribution is -0.136. The average molecular weight is 431 g/mol. The highest BCUT2D eigenvalue weighted by Crippen LogP contribution is 2.34. The lowest BCUT2D eigenvalue weighted by atomic mass is 10.2. The molecule has 0 amide bonds. The summed E-state index contributed by atoms with van der Waals surface area (Å²) in [6, 6.07) is 3.16. The minimum absolute atomic E-state index is 0.0138. The van der Waals surface area contributed by atoms with Crippen LogP contribution in [0.1, 0.15) is 31.5 Å². The first-order valence-electron chi connectivity index (χ1n) is 7.81. The van der Waals surface area contributed by atoms with Gasteiger partial charge in [0.05, 0.1) is 28.8 Å². The lowest BCUT2D eigenvalue weighted by Gasteiger charge is -2.13. The molecule has 2 aromatic rings. The Morgan fingerprint density at radius 1 is 1.44 bits per heavy atom.